The minimum absolute atomic E-state index is 0.0740. The van der Waals surface area contributed by atoms with Crippen LogP contribution in [-0.2, 0) is 20.6 Å². The molecule has 7 heteroatoms. The summed E-state index contributed by atoms with van der Waals surface area (Å²) in [5, 5.41) is 8.85. The number of hydrogen-bond acceptors (Lipinski definition) is 3. The lowest BCUT2D eigenvalue weighted by Crippen LogP contribution is -2.37. The first kappa shape index (κ1) is 16.6. The van der Waals surface area contributed by atoms with E-state index < -0.39 is 27.7 Å². The Kier molecular flexibility index (Phi) is 5.64. The van der Waals surface area contributed by atoms with Gasteiger partial charge < -0.3 is 5.11 Å². The van der Waals surface area contributed by atoms with E-state index in [-0.39, 0.29) is 18.8 Å². The first-order valence-electron chi connectivity index (χ1n) is 6.21. The van der Waals surface area contributed by atoms with Crippen molar-refractivity contribution in [2.24, 2.45) is 5.92 Å². The Bertz CT molecular complexity index is 556. The SMILES string of the molecule is CCN(CC(C)C(=O)O)S(=O)(=O)Cc1ccc(F)cc1. The molecule has 0 bridgehead atoms. The average Bonchev–Trinajstić information content (AvgIpc) is 2.37. The molecule has 0 saturated heterocycles. The van der Waals surface area contributed by atoms with Crippen LogP contribution in [-0.4, -0.2) is 36.9 Å². The van der Waals surface area contributed by atoms with Gasteiger partial charge in [-0.25, -0.2) is 17.1 Å². The molecule has 0 aromatic heterocycles. The van der Waals surface area contributed by atoms with E-state index in [4.69, 9.17) is 5.11 Å². The van der Waals surface area contributed by atoms with E-state index in [1.807, 2.05) is 0 Å². The molecule has 0 aliphatic heterocycles. The van der Waals surface area contributed by atoms with Crippen LogP contribution >= 0.6 is 0 Å². The number of halogens is 1. The van der Waals surface area contributed by atoms with E-state index in [9.17, 15) is 17.6 Å². The molecule has 5 nitrogen and oxygen atoms in total. The summed E-state index contributed by atoms with van der Waals surface area (Å²) < 4.78 is 38.3. The number of rotatable bonds is 7. The smallest absolute Gasteiger partial charge is 0.307 e. The highest BCUT2D eigenvalue weighted by Gasteiger charge is 2.25. The van der Waals surface area contributed by atoms with Crippen molar-refractivity contribution < 1.29 is 22.7 Å². The fourth-order valence-electron chi connectivity index (χ4n) is 1.71. The number of carboxylic acids is 1. The summed E-state index contributed by atoms with van der Waals surface area (Å²) in [7, 11) is -3.62. The van der Waals surface area contributed by atoms with Crippen LogP contribution in [0.15, 0.2) is 24.3 Å². The fraction of sp³-hybridized carbons (Fsp3) is 0.462. The third-order valence-corrected chi connectivity index (χ3v) is 4.80. The van der Waals surface area contributed by atoms with Gasteiger partial charge in [-0.2, -0.15) is 0 Å². The third-order valence-electron chi connectivity index (χ3n) is 2.91. The fourth-order valence-corrected chi connectivity index (χ4v) is 3.35. The molecule has 0 amide bonds. The van der Waals surface area contributed by atoms with E-state index in [0.29, 0.717) is 5.56 Å². The molecule has 0 heterocycles. The minimum Gasteiger partial charge on any atom is -0.481 e. The maximum atomic E-state index is 12.8. The molecular weight excluding hydrogens is 285 g/mol. The van der Waals surface area contributed by atoms with Crippen LogP contribution in [0.25, 0.3) is 0 Å². The maximum absolute atomic E-state index is 12.8. The summed E-state index contributed by atoms with van der Waals surface area (Å²) in [6, 6.07) is 5.20. The van der Waals surface area contributed by atoms with Crippen molar-refractivity contribution in [2.45, 2.75) is 19.6 Å². The van der Waals surface area contributed by atoms with Crippen molar-refractivity contribution in [3.63, 3.8) is 0 Å². The van der Waals surface area contributed by atoms with Gasteiger partial charge in [-0.15, -0.1) is 0 Å². The van der Waals surface area contributed by atoms with Crippen molar-refractivity contribution in [2.75, 3.05) is 13.1 Å². The summed E-state index contributed by atoms with van der Waals surface area (Å²) in [4.78, 5) is 10.8. The lowest BCUT2D eigenvalue weighted by molar-refractivity contribution is -0.141. The Balaban J connectivity index is 2.84. The molecule has 1 atom stereocenters. The number of aliphatic carboxylic acids is 1. The van der Waals surface area contributed by atoms with Gasteiger partial charge in [-0.3, -0.25) is 4.79 Å². The van der Waals surface area contributed by atoms with Gasteiger partial charge in [0.2, 0.25) is 10.0 Å². The van der Waals surface area contributed by atoms with E-state index in [2.05, 4.69) is 0 Å². The zero-order valence-electron chi connectivity index (χ0n) is 11.4. The van der Waals surface area contributed by atoms with Gasteiger partial charge in [0.1, 0.15) is 5.82 Å². The van der Waals surface area contributed by atoms with Crippen molar-refractivity contribution in [3.8, 4) is 0 Å². The molecule has 0 spiro atoms. The minimum atomic E-state index is -3.62. The second kappa shape index (κ2) is 6.81. The quantitative estimate of drug-likeness (QED) is 0.832. The van der Waals surface area contributed by atoms with Crippen molar-refractivity contribution in [1.82, 2.24) is 4.31 Å². The molecule has 1 rings (SSSR count). The summed E-state index contributed by atoms with van der Waals surface area (Å²) in [6.45, 7) is 3.23. The van der Waals surface area contributed by atoms with E-state index in [1.54, 1.807) is 6.92 Å². The highest BCUT2D eigenvalue weighted by atomic mass is 32.2. The zero-order valence-corrected chi connectivity index (χ0v) is 12.2. The molecule has 20 heavy (non-hydrogen) atoms. The Hall–Kier alpha value is -1.47. The predicted molar refractivity (Wildman–Crippen MR) is 73.1 cm³/mol. The van der Waals surface area contributed by atoms with Gasteiger partial charge in [0, 0.05) is 13.1 Å². The molecule has 112 valence electrons. The van der Waals surface area contributed by atoms with Gasteiger partial charge in [-0.1, -0.05) is 26.0 Å². The molecule has 0 saturated carbocycles. The van der Waals surface area contributed by atoms with Crippen LogP contribution in [0.1, 0.15) is 19.4 Å². The first-order chi connectivity index (χ1) is 9.26. The maximum Gasteiger partial charge on any atom is 0.307 e. The van der Waals surface area contributed by atoms with Gasteiger partial charge in [0.05, 0.1) is 11.7 Å². The summed E-state index contributed by atoms with van der Waals surface area (Å²) in [6.07, 6.45) is 0. The van der Waals surface area contributed by atoms with Crippen molar-refractivity contribution in [1.29, 1.82) is 0 Å². The average molecular weight is 303 g/mol. The highest BCUT2D eigenvalue weighted by molar-refractivity contribution is 7.88. The van der Waals surface area contributed by atoms with E-state index in [1.165, 1.54) is 31.2 Å². The number of benzene rings is 1. The first-order valence-corrected chi connectivity index (χ1v) is 7.82. The molecule has 1 unspecified atom stereocenters. The lowest BCUT2D eigenvalue weighted by Gasteiger charge is -2.22. The van der Waals surface area contributed by atoms with Crippen molar-refractivity contribution in [3.05, 3.63) is 35.6 Å². The number of carbonyl (C=O) groups is 1. The predicted octanol–water partition coefficient (Wildman–Crippen LogP) is 1.70. The molecule has 1 N–H and O–H groups in total. The molecule has 0 fully saturated rings. The third kappa shape index (κ3) is 4.57. The molecule has 1 aromatic rings. The Labute approximate surface area is 118 Å². The Morgan fingerprint density at radius 1 is 1.35 bits per heavy atom. The second-order valence-electron chi connectivity index (χ2n) is 4.57. The number of carboxylic acid groups (broad SMARTS) is 1. The van der Waals surface area contributed by atoms with Gasteiger partial charge in [-0.05, 0) is 17.7 Å². The van der Waals surface area contributed by atoms with Crippen LogP contribution < -0.4 is 0 Å². The number of nitrogens with zero attached hydrogens (tertiary/aromatic N) is 1. The van der Waals surface area contributed by atoms with Gasteiger partial charge in [0.25, 0.3) is 0 Å². The number of sulfonamides is 1. The van der Waals surface area contributed by atoms with E-state index >= 15 is 0 Å². The molecule has 1 aromatic carbocycles. The van der Waals surface area contributed by atoms with Crippen LogP contribution in [0.4, 0.5) is 4.39 Å². The van der Waals surface area contributed by atoms with Crippen LogP contribution in [0.3, 0.4) is 0 Å². The monoisotopic (exact) mass is 303 g/mol. The Morgan fingerprint density at radius 3 is 2.35 bits per heavy atom. The summed E-state index contributed by atoms with van der Waals surface area (Å²) >= 11 is 0. The van der Waals surface area contributed by atoms with Crippen molar-refractivity contribution >= 4 is 16.0 Å². The summed E-state index contributed by atoms with van der Waals surface area (Å²) in [5.41, 5.74) is 0.466. The highest BCUT2D eigenvalue weighted by Crippen LogP contribution is 2.13. The second-order valence-corrected chi connectivity index (χ2v) is 6.54. The molecule has 0 aliphatic rings. The standard InChI is InChI=1S/C13H18FNO4S/c1-3-15(8-10(2)13(16)17)20(18,19)9-11-4-6-12(14)7-5-11/h4-7,10H,3,8-9H2,1-2H3,(H,16,17). The Morgan fingerprint density at radius 2 is 1.90 bits per heavy atom. The topological polar surface area (TPSA) is 74.7 Å². The number of hydrogen-bond donors (Lipinski definition) is 1. The zero-order chi connectivity index (χ0) is 15.3. The van der Waals surface area contributed by atoms with Crippen LogP contribution in [0.5, 0.6) is 0 Å². The summed E-state index contributed by atoms with van der Waals surface area (Å²) in [5.74, 6) is -2.52. The van der Waals surface area contributed by atoms with Crippen LogP contribution in [0, 0.1) is 11.7 Å². The normalized spacial score (nSPS) is 13.4. The lowest BCUT2D eigenvalue weighted by atomic mass is 10.2. The van der Waals surface area contributed by atoms with Gasteiger partial charge >= 0.3 is 5.97 Å². The largest absolute Gasteiger partial charge is 0.481 e. The van der Waals surface area contributed by atoms with Gasteiger partial charge in [0.15, 0.2) is 0 Å². The van der Waals surface area contributed by atoms with Crippen LogP contribution in [0.2, 0.25) is 0 Å². The molecular formula is C13H18FNO4S. The molecule has 0 radical (unpaired) electrons. The molecule has 0 aliphatic carbocycles. The van der Waals surface area contributed by atoms with E-state index in [0.717, 1.165) is 4.31 Å².